The van der Waals surface area contributed by atoms with Gasteiger partial charge in [0.05, 0.1) is 5.56 Å². The maximum Gasteiger partial charge on any atom is 0.433 e. The van der Waals surface area contributed by atoms with Crippen molar-refractivity contribution in [2.75, 3.05) is 0 Å². The number of benzene rings is 1. The molecule has 4 heterocycles. The smallest absolute Gasteiger partial charge is 0.371 e. The Balaban J connectivity index is 1.68. The van der Waals surface area contributed by atoms with E-state index in [2.05, 4.69) is 27.0 Å². The maximum absolute atomic E-state index is 14.9. The van der Waals surface area contributed by atoms with E-state index >= 15 is 0 Å². The van der Waals surface area contributed by atoms with E-state index in [-0.39, 0.29) is 34.6 Å². The molecule has 1 amide bonds. The highest BCUT2D eigenvalue weighted by Gasteiger charge is 2.48. The fourth-order valence-corrected chi connectivity index (χ4v) is 4.43. The number of aryl methyl sites for hydroxylation is 1. The molecule has 0 saturated heterocycles. The lowest BCUT2D eigenvalue weighted by Gasteiger charge is -2.35. The molecule has 1 atom stereocenters. The molecule has 2 bridgehead atoms. The number of carbonyl (C=O) groups is 1. The highest BCUT2D eigenvalue weighted by molar-refractivity contribution is 5.93. The highest BCUT2D eigenvalue weighted by atomic mass is 19.4. The highest BCUT2D eigenvalue weighted by Crippen LogP contribution is 2.54. The van der Waals surface area contributed by atoms with Crippen LogP contribution >= 0.6 is 0 Å². The number of nitrogens with two attached hydrogens (primary N) is 1. The number of rotatable bonds is 2. The molecular formula is C22H17F4N5O3. The minimum atomic E-state index is -4.87. The van der Waals surface area contributed by atoms with E-state index in [0.717, 1.165) is 4.57 Å². The molecule has 6 rings (SSSR count). The van der Waals surface area contributed by atoms with Gasteiger partial charge in [-0.2, -0.15) is 18.2 Å². The molecule has 1 fully saturated rings. The van der Waals surface area contributed by atoms with Crippen LogP contribution in [-0.2, 0) is 11.8 Å². The molecule has 1 saturated carbocycles. The lowest BCUT2D eigenvalue weighted by Crippen LogP contribution is -2.28. The number of hydrogen-bond donors (Lipinski definition) is 2. The molecule has 1 aromatic carbocycles. The number of nitrogens with zero attached hydrogens (tertiary/aromatic N) is 4. The summed E-state index contributed by atoms with van der Waals surface area (Å²) in [6.07, 6.45) is -4.18. The third-order valence-electron chi connectivity index (χ3n) is 6.11. The van der Waals surface area contributed by atoms with E-state index in [4.69, 9.17) is 10.3 Å². The van der Waals surface area contributed by atoms with E-state index < -0.39 is 40.9 Å². The number of aromatic nitrogens is 4. The van der Waals surface area contributed by atoms with Crippen LogP contribution in [0.1, 0.15) is 70.7 Å². The van der Waals surface area contributed by atoms with Crippen LogP contribution in [-0.4, -0.2) is 30.7 Å². The van der Waals surface area contributed by atoms with Crippen LogP contribution in [0.15, 0.2) is 16.7 Å². The summed E-state index contributed by atoms with van der Waals surface area (Å²) < 4.78 is 62.4. The van der Waals surface area contributed by atoms with E-state index in [1.54, 1.807) is 0 Å². The Kier molecular flexibility index (Phi) is 4.64. The van der Waals surface area contributed by atoms with E-state index in [9.17, 15) is 27.5 Å². The molecule has 8 nitrogen and oxygen atoms in total. The maximum atomic E-state index is 14.9. The fraction of sp³-hybridized carbons (Fsp3) is 0.364. The molecular weight excluding hydrogens is 458 g/mol. The zero-order valence-corrected chi connectivity index (χ0v) is 17.9. The van der Waals surface area contributed by atoms with Gasteiger partial charge in [-0.15, -0.1) is 0 Å². The Morgan fingerprint density at radius 2 is 2.00 bits per heavy atom. The molecule has 2 aromatic heterocycles. The summed E-state index contributed by atoms with van der Waals surface area (Å²) in [5, 5.41) is 14.2. The molecule has 1 aliphatic carbocycles. The summed E-state index contributed by atoms with van der Waals surface area (Å²) in [5.74, 6) is 2.77. The topological polar surface area (TPSA) is 120 Å². The molecule has 3 aromatic rings. The van der Waals surface area contributed by atoms with Crippen LogP contribution in [0.25, 0.3) is 11.4 Å². The number of carbonyl (C=O) groups excluding carboxylic acids is 1. The molecule has 176 valence electrons. The number of imidazole rings is 1. The van der Waals surface area contributed by atoms with Gasteiger partial charge in [0.15, 0.2) is 17.0 Å². The summed E-state index contributed by atoms with van der Waals surface area (Å²) in [7, 11) is 0. The first-order valence-corrected chi connectivity index (χ1v) is 10.3. The van der Waals surface area contributed by atoms with Gasteiger partial charge in [0.1, 0.15) is 11.6 Å². The largest absolute Gasteiger partial charge is 0.433 e. The fourth-order valence-electron chi connectivity index (χ4n) is 4.43. The quantitative estimate of drug-likeness (QED) is 0.434. The van der Waals surface area contributed by atoms with Gasteiger partial charge < -0.3 is 19.9 Å². The van der Waals surface area contributed by atoms with Crippen molar-refractivity contribution in [3.8, 4) is 23.2 Å². The molecule has 0 unspecified atom stereocenters. The minimum absolute atomic E-state index is 0.120. The lowest BCUT2D eigenvalue weighted by molar-refractivity contribution is -0.145. The molecule has 0 radical (unpaired) electrons. The van der Waals surface area contributed by atoms with Gasteiger partial charge in [-0.1, -0.05) is 17.0 Å². The second kappa shape index (κ2) is 7.14. The van der Waals surface area contributed by atoms with Crippen LogP contribution in [0.2, 0.25) is 0 Å². The second-order valence-corrected chi connectivity index (χ2v) is 8.57. The van der Waals surface area contributed by atoms with E-state index in [0.29, 0.717) is 18.4 Å². The monoisotopic (exact) mass is 475 g/mol. The zero-order valence-electron chi connectivity index (χ0n) is 17.9. The molecule has 2 aliphatic heterocycles. The molecule has 12 heteroatoms. The Morgan fingerprint density at radius 3 is 2.59 bits per heavy atom. The lowest BCUT2D eigenvalue weighted by atomic mass is 9.75. The Labute approximate surface area is 189 Å². The van der Waals surface area contributed by atoms with Gasteiger partial charge in [0, 0.05) is 18.5 Å². The third-order valence-corrected chi connectivity index (χ3v) is 6.11. The molecule has 34 heavy (non-hydrogen) atoms. The summed E-state index contributed by atoms with van der Waals surface area (Å²) in [4.78, 5) is 19.6. The van der Waals surface area contributed by atoms with Crippen molar-refractivity contribution in [3.63, 3.8) is 0 Å². The standard InChI is InChI=1S/C22H17F4N5O3/c1-9-28-20(30-34-9)21(2,33)4-3-10-7-14-13(8-15(10)23)11-5-12(6-11)31-17(22(24,25)26)16(18(27)32)29-19(14)31/h7-8,11-12,33H,5-6H2,1-2H3,(H2,27,32)/t11?,12?,21-/m1/s1. The van der Waals surface area contributed by atoms with Crippen molar-refractivity contribution in [2.45, 2.75) is 50.4 Å². The predicted octanol–water partition coefficient (Wildman–Crippen LogP) is 3.19. The van der Waals surface area contributed by atoms with Crippen molar-refractivity contribution >= 4 is 5.91 Å². The molecule has 3 aliphatic rings. The number of aliphatic hydroxyl groups is 1. The summed E-state index contributed by atoms with van der Waals surface area (Å²) in [5.41, 5.74) is 1.76. The number of hydrogen-bond acceptors (Lipinski definition) is 6. The number of amides is 1. The zero-order chi connectivity index (χ0) is 24.6. The number of halogens is 4. The first kappa shape index (κ1) is 22.1. The molecule has 0 spiro atoms. The normalized spacial score (nSPS) is 20.2. The Hall–Kier alpha value is -3.72. The SMILES string of the molecule is Cc1nc([C@](C)(O)C#Cc2cc3c(cc2F)C2CC(C2)n2c-3nc(C(N)=O)c2C(F)(F)F)no1. The predicted molar refractivity (Wildman–Crippen MR) is 108 cm³/mol. The summed E-state index contributed by atoms with van der Waals surface area (Å²) in [6, 6.07) is 1.94. The minimum Gasteiger partial charge on any atom is -0.371 e. The van der Waals surface area contributed by atoms with Crippen LogP contribution in [0.4, 0.5) is 17.6 Å². The van der Waals surface area contributed by atoms with Gasteiger partial charge >= 0.3 is 6.18 Å². The summed E-state index contributed by atoms with van der Waals surface area (Å²) in [6.45, 7) is 2.82. The van der Waals surface area contributed by atoms with E-state index in [1.165, 1.54) is 26.0 Å². The Morgan fingerprint density at radius 1 is 1.29 bits per heavy atom. The van der Waals surface area contributed by atoms with Crippen LogP contribution in [0.5, 0.6) is 0 Å². The average molecular weight is 475 g/mol. The third kappa shape index (κ3) is 3.35. The van der Waals surface area contributed by atoms with Crippen molar-refractivity contribution in [2.24, 2.45) is 5.73 Å². The van der Waals surface area contributed by atoms with Crippen molar-refractivity contribution in [1.29, 1.82) is 0 Å². The first-order valence-electron chi connectivity index (χ1n) is 10.3. The van der Waals surface area contributed by atoms with Crippen LogP contribution < -0.4 is 5.73 Å². The van der Waals surface area contributed by atoms with Crippen molar-refractivity contribution in [1.82, 2.24) is 19.7 Å². The first-order chi connectivity index (χ1) is 15.9. The van der Waals surface area contributed by atoms with Gasteiger partial charge in [-0.3, -0.25) is 4.79 Å². The molecule has 3 N–H and O–H groups in total. The van der Waals surface area contributed by atoms with Gasteiger partial charge in [0.25, 0.3) is 5.91 Å². The van der Waals surface area contributed by atoms with Crippen LogP contribution in [0.3, 0.4) is 0 Å². The van der Waals surface area contributed by atoms with E-state index in [1.807, 2.05) is 0 Å². The average Bonchev–Trinajstić information content (AvgIpc) is 3.26. The Bertz CT molecular complexity index is 1400. The number of primary amides is 1. The van der Waals surface area contributed by atoms with Crippen molar-refractivity contribution in [3.05, 3.63) is 52.2 Å². The van der Waals surface area contributed by atoms with Crippen LogP contribution in [0, 0.1) is 24.6 Å². The number of alkyl halides is 3. The van der Waals surface area contributed by atoms with Gasteiger partial charge in [-0.25, -0.2) is 9.37 Å². The summed E-state index contributed by atoms with van der Waals surface area (Å²) >= 11 is 0. The van der Waals surface area contributed by atoms with Gasteiger partial charge in [0.2, 0.25) is 11.7 Å². The van der Waals surface area contributed by atoms with Crippen molar-refractivity contribution < 1.29 is 32.0 Å². The van der Waals surface area contributed by atoms with Gasteiger partial charge in [-0.05, 0) is 43.4 Å². The second-order valence-electron chi connectivity index (χ2n) is 8.57.